The number of carbonyl (C=O) groups excluding carboxylic acids is 1. The number of aliphatic carboxylic acids is 1. The molecule has 0 aromatic heterocycles. The van der Waals surface area contributed by atoms with E-state index in [1.54, 1.807) is 0 Å². The molecule has 1 aromatic carbocycles. The summed E-state index contributed by atoms with van der Waals surface area (Å²) >= 11 is 4.76. The summed E-state index contributed by atoms with van der Waals surface area (Å²) in [5, 5.41) is 11.3. The second-order valence-corrected chi connectivity index (χ2v) is 5.25. The number of carbonyl (C=O) groups is 2. The topological polar surface area (TPSA) is 66.4 Å². The first-order chi connectivity index (χ1) is 8.00. The molecular formula is C11H12BrNO3S. The second-order valence-electron chi connectivity index (χ2n) is 3.33. The Bertz CT molecular complexity index is 425. The Morgan fingerprint density at radius 1 is 1.47 bits per heavy atom. The van der Waals surface area contributed by atoms with Crippen LogP contribution in [0.15, 0.2) is 33.6 Å². The molecule has 0 heterocycles. The number of halogens is 1. The van der Waals surface area contributed by atoms with Crippen molar-refractivity contribution < 1.29 is 14.7 Å². The van der Waals surface area contributed by atoms with E-state index in [4.69, 9.17) is 5.11 Å². The quantitative estimate of drug-likeness (QED) is 0.816. The van der Waals surface area contributed by atoms with Crippen LogP contribution in [0.5, 0.6) is 0 Å². The minimum absolute atomic E-state index is 0.289. The van der Waals surface area contributed by atoms with Gasteiger partial charge >= 0.3 is 5.97 Å². The van der Waals surface area contributed by atoms with Crippen LogP contribution in [0, 0.1) is 0 Å². The molecule has 92 valence electrons. The predicted octanol–water partition coefficient (Wildman–Crippen LogP) is 2.13. The normalized spacial score (nSPS) is 11.9. The highest BCUT2D eigenvalue weighted by Gasteiger charge is 2.18. The lowest BCUT2D eigenvalue weighted by Crippen LogP contribution is -2.41. The molecule has 17 heavy (non-hydrogen) atoms. The largest absolute Gasteiger partial charge is 0.480 e. The summed E-state index contributed by atoms with van der Waals surface area (Å²) in [5.74, 6) is -1.08. The van der Waals surface area contributed by atoms with E-state index in [0.29, 0.717) is 0 Å². The van der Waals surface area contributed by atoms with Gasteiger partial charge in [0.05, 0.1) is 0 Å². The van der Waals surface area contributed by atoms with Crippen molar-refractivity contribution >= 4 is 39.6 Å². The average molecular weight is 318 g/mol. The molecule has 1 atom stereocenters. The summed E-state index contributed by atoms with van der Waals surface area (Å²) < 4.78 is 0.914. The van der Waals surface area contributed by atoms with Gasteiger partial charge in [0.1, 0.15) is 6.04 Å². The summed E-state index contributed by atoms with van der Waals surface area (Å²) in [5.41, 5.74) is 0. The second kappa shape index (κ2) is 6.66. The summed E-state index contributed by atoms with van der Waals surface area (Å²) in [6, 6.07) is 6.67. The smallest absolute Gasteiger partial charge is 0.327 e. The third-order valence-electron chi connectivity index (χ3n) is 1.92. The molecule has 0 aliphatic carbocycles. The Kier molecular flexibility index (Phi) is 5.50. The Balaban J connectivity index is 2.61. The number of benzene rings is 1. The first-order valence-electron chi connectivity index (χ1n) is 4.88. The Morgan fingerprint density at radius 2 is 2.12 bits per heavy atom. The summed E-state index contributed by atoms with van der Waals surface area (Å²) in [6.45, 7) is 1.30. The van der Waals surface area contributed by atoms with Crippen LogP contribution in [-0.2, 0) is 9.59 Å². The van der Waals surface area contributed by atoms with Gasteiger partial charge in [-0.3, -0.25) is 4.79 Å². The summed E-state index contributed by atoms with van der Waals surface area (Å²) in [7, 11) is 0. The average Bonchev–Trinajstić information content (AvgIpc) is 2.25. The Morgan fingerprint density at radius 3 is 2.65 bits per heavy atom. The standard InChI is InChI=1S/C11H12BrNO3S/c1-7(14)13-9(11(15)16)6-17-10-5-3-2-4-8(10)12/h2-5,9H,6H2,1H3,(H,13,14)(H,15,16). The molecule has 1 unspecified atom stereocenters. The van der Waals surface area contributed by atoms with Gasteiger partial charge in [0, 0.05) is 22.0 Å². The predicted molar refractivity (Wildman–Crippen MR) is 70.1 cm³/mol. The third-order valence-corrected chi connectivity index (χ3v) is 4.04. The van der Waals surface area contributed by atoms with Crippen molar-refractivity contribution in [3.8, 4) is 0 Å². The highest BCUT2D eigenvalue weighted by molar-refractivity contribution is 9.10. The summed E-state index contributed by atoms with van der Waals surface area (Å²) in [4.78, 5) is 22.7. The Labute approximate surface area is 112 Å². The van der Waals surface area contributed by atoms with Gasteiger partial charge in [-0.1, -0.05) is 12.1 Å². The van der Waals surface area contributed by atoms with Gasteiger partial charge in [0.2, 0.25) is 5.91 Å². The van der Waals surface area contributed by atoms with Crippen LogP contribution >= 0.6 is 27.7 Å². The lowest BCUT2D eigenvalue weighted by molar-refractivity contribution is -0.140. The first-order valence-corrected chi connectivity index (χ1v) is 6.66. The highest BCUT2D eigenvalue weighted by atomic mass is 79.9. The van der Waals surface area contributed by atoms with Crippen molar-refractivity contribution in [3.05, 3.63) is 28.7 Å². The fourth-order valence-electron chi connectivity index (χ4n) is 1.15. The van der Waals surface area contributed by atoms with E-state index in [9.17, 15) is 9.59 Å². The molecule has 0 saturated heterocycles. The van der Waals surface area contributed by atoms with Gasteiger partial charge in [-0.15, -0.1) is 11.8 Å². The number of hydrogen-bond donors (Lipinski definition) is 2. The molecule has 0 aliphatic heterocycles. The number of amides is 1. The number of carboxylic acid groups (broad SMARTS) is 1. The van der Waals surface area contributed by atoms with Crippen LogP contribution in [-0.4, -0.2) is 28.8 Å². The molecule has 4 nitrogen and oxygen atoms in total. The lowest BCUT2D eigenvalue weighted by atomic mass is 10.3. The maximum absolute atomic E-state index is 10.9. The zero-order chi connectivity index (χ0) is 12.8. The molecule has 0 spiro atoms. The van der Waals surface area contributed by atoms with E-state index in [-0.39, 0.29) is 11.7 Å². The molecule has 0 fully saturated rings. The molecule has 1 aromatic rings. The van der Waals surface area contributed by atoms with Crippen molar-refractivity contribution in [3.63, 3.8) is 0 Å². The van der Waals surface area contributed by atoms with Gasteiger partial charge in [-0.05, 0) is 28.1 Å². The van der Waals surface area contributed by atoms with Crippen LogP contribution in [0.4, 0.5) is 0 Å². The minimum atomic E-state index is -1.03. The molecule has 1 amide bonds. The monoisotopic (exact) mass is 317 g/mol. The van der Waals surface area contributed by atoms with E-state index in [2.05, 4.69) is 21.2 Å². The fourth-order valence-corrected chi connectivity index (χ4v) is 2.74. The molecule has 0 radical (unpaired) electrons. The van der Waals surface area contributed by atoms with Crippen molar-refractivity contribution in [1.29, 1.82) is 0 Å². The number of thioether (sulfide) groups is 1. The molecule has 1 rings (SSSR count). The van der Waals surface area contributed by atoms with Crippen LogP contribution in [0.3, 0.4) is 0 Å². The van der Waals surface area contributed by atoms with Crippen molar-refractivity contribution in [1.82, 2.24) is 5.32 Å². The molecular weight excluding hydrogens is 306 g/mol. The van der Waals surface area contributed by atoms with Crippen molar-refractivity contribution in [2.45, 2.75) is 17.9 Å². The molecule has 0 bridgehead atoms. The van der Waals surface area contributed by atoms with Gasteiger partial charge in [0.25, 0.3) is 0 Å². The SMILES string of the molecule is CC(=O)NC(CSc1ccccc1Br)C(=O)O. The van der Waals surface area contributed by atoms with Gasteiger partial charge in [-0.25, -0.2) is 4.79 Å². The molecule has 0 saturated carbocycles. The van der Waals surface area contributed by atoms with E-state index < -0.39 is 12.0 Å². The van der Waals surface area contributed by atoms with Gasteiger partial charge < -0.3 is 10.4 Å². The minimum Gasteiger partial charge on any atom is -0.480 e. The van der Waals surface area contributed by atoms with E-state index in [0.717, 1.165) is 9.37 Å². The van der Waals surface area contributed by atoms with Crippen LogP contribution < -0.4 is 5.32 Å². The maximum atomic E-state index is 10.9. The van der Waals surface area contributed by atoms with Crippen LogP contribution in [0.25, 0.3) is 0 Å². The van der Waals surface area contributed by atoms with E-state index >= 15 is 0 Å². The molecule has 2 N–H and O–H groups in total. The van der Waals surface area contributed by atoms with Crippen molar-refractivity contribution in [2.75, 3.05) is 5.75 Å². The number of hydrogen-bond acceptors (Lipinski definition) is 3. The number of rotatable bonds is 5. The van der Waals surface area contributed by atoms with Crippen LogP contribution in [0.1, 0.15) is 6.92 Å². The van der Waals surface area contributed by atoms with Gasteiger partial charge in [-0.2, -0.15) is 0 Å². The highest BCUT2D eigenvalue weighted by Crippen LogP contribution is 2.27. The van der Waals surface area contributed by atoms with E-state index in [1.807, 2.05) is 24.3 Å². The van der Waals surface area contributed by atoms with Crippen LogP contribution in [0.2, 0.25) is 0 Å². The lowest BCUT2D eigenvalue weighted by Gasteiger charge is -2.13. The number of carboxylic acids is 1. The Hall–Kier alpha value is -1.01. The molecule has 0 aliphatic rings. The van der Waals surface area contributed by atoms with E-state index in [1.165, 1.54) is 18.7 Å². The molecule has 6 heteroatoms. The fraction of sp³-hybridized carbons (Fsp3) is 0.273. The first kappa shape index (κ1) is 14.1. The number of nitrogens with one attached hydrogen (secondary N) is 1. The zero-order valence-corrected chi connectivity index (χ0v) is 11.5. The maximum Gasteiger partial charge on any atom is 0.327 e. The van der Waals surface area contributed by atoms with Crippen molar-refractivity contribution in [2.24, 2.45) is 0 Å². The third kappa shape index (κ3) is 4.79. The van der Waals surface area contributed by atoms with Gasteiger partial charge in [0.15, 0.2) is 0 Å². The summed E-state index contributed by atoms with van der Waals surface area (Å²) in [6.07, 6.45) is 0. The zero-order valence-electron chi connectivity index (χ0n) is 9.14.